The van der Waals surface area contributed by atoms with E-state index in [0.29, 0.717) is 13.1 Å². The summed E-state index contributed by atoms with van der Waals surface area (Å²) in [5, 5.41) is 9.58. The van der Waals surface area contributed by atoms with Crippen LogP contribution in [0.1, 0.15) is 51.0 Å². The van der Waals surface area contributed by atoms with Crippen molar-refractivity contribution in [3.05, 3.63) is 35.9 Å². The quantitative estimate of drug-likeness (QED) is 0.160. The lowest BCUT2D eigenvalue weighted by molar-refractivity contribution is -0.122. The fraction of sp³-hybridized carbons (Fsp3) is 0.680. The highest BCUT2D eigenvalue weighted by atomic mass is 127. The van der Waals surface area contributed by atoms with Crippen molar-refractivity contribution >= 4 is 35.8 Å². The number of benzene rings is 1. The second-order valence-corrected chi connectivity index (χ2v) is 8.93. The number of likely N-dealkylation sites (tertiary alicyclic amines) is 1. The maximum absolute atomic E-state index is 11.7. The average molecular weight is 556 g/mol. The number of carbonyl (C=O) groups excluding carboxylic acids is 1. The number of rotatable bonds is 12. The summed E-state index contributed by atoms with van der Waals surface area (Å²) in [6.07, 6.45) is 8.28. The van der Waals surface area contributed by atoms with Crippen molar-refractivity contribution < 1.29 is 4.79 Å². The van der Waals surface area contributed by atoms with Gasteiger partial charge in [-0.1, -0.05) is 30.3 Å². The van der Waals surface area contributed by atoms with Gasteiger partial charge in [0.25, 0.3) is 0 Å². The van der Waals surface area contributed by atoms with Crippen molar-refractivity contribution in [1.82, 2.24) is 20.9 Å². The van der Waals surface area contributed by atoms with Gasteiger partial charge in [-0.15, -0.1) is 24.0 Å². The first-order valence-corrected chi connectivity index (χ1v) is 12.3. The molecule has 7 heteroatoms. The van der Waals surface area contributed by atoms with E-state index in [1.165, 1.54) is 50.9 Å². The Balaban J connectivity index is 0.00000363. The Bertz CT molecular complexity index is 672. The third kappa shape index (κ3) is 10.5. The molecule has 2 fully saturated rings. The van der Waals surface area contributed by atoms with Crippen molar-refractivity contribution in [3.63, 3.8) is 0 Å². The van der Waals surface area contributed by atoms with Crippen LogP contribution in [0.3, 0.4) is 0 Å². The topological polar surface area (TPSA) is 68.8 Å². The SMILES string of the molecule is CCNC(=NCCCCN1CCC(Cc2ccccc2)CC1)NCCNC(=O)C1CC1.I. The summed E-state index contributed by atoms with van der Waals surface area (Å²) >= 11 is 0. The van der Waals surface area contributed by atoms with E-state index < -0.39 is 0 Å². The number of nitrogens with zero attached hydrogens (tertiary/aromatic N) is 2. The van der Waals surface area contributed by atoms with E-state index in [4.69, 9.17) is 0 Å². The first kappa shape index (κ1) is 26.9. The summed E-state index contributed by atoms with van der Waals surface area (Å²) in [6, 6.07) is 10.9. The van der Waals surface area contributed by atoms with Crippen molar-refractivity contribution in [1.29, 1.82) is 0 Å². The molecule has 0 aromatic heterocycles. The molecule has 0 atom stereocenters. The van der Waals surface area contributed by atoms with Crippen LogP contribution in [-0.4, -0.2) is 62.6 Å². The summed E-state index contributed by atoms with van der Waals surface area (Å²) < 4.78 is 0. The molecule has 1 amide bonds. The van der Waals surface area contributed by atoms with Crippen LogP contribution >= 0.6 is 24.0 Å². The molecule has 1 saturated heterocycles. The molecule has 0 radical (unpaired) electrons. The van der Waals surface area contributed by atoms with Crippen LogP contribution in [-0.2, 0) is 11.2 Å². The summed E-state index contributed by atoms with van der Waals surface area (Å²) in [5.41, 5.74) is 1.48. The second-order valence-electron chi connectivity index (χ2n) is 8.93. The van der Waals surface area contributed by atoms with Crippen LogP contribution in [0, 0.1) is 11.8 Å². The van der Waals surface area contributed by atoms with Gasteiger partial charge in [-0.25, -0.2) is 0 Å². The number of hydrogen-bond donors (Lipinski definition) is 3. The Labute approximate surface area is 211 Å². The molecular formula is C25H42IN5O. The molecule has 1 aliphatic heterocycles. The van der Waals surface area contributed by atoms with Crippen LogP contribution in [0.25, 0.3) is 0 Å². The predicted molar refractivity (Wildman–Crippen MR) is 144 cm³/mol. The van der Waals surface area contributed by atoms with Crippen LogP contribution < -0.4 is 16.0 Å². The predicted octanol–water partition coefficient (Wildman–Crippen LogP) is 3.42. The largest absolute Gasteiger partial charge is 0.357 e. The lowest BCUT2D eigenvalue weighted by Crippen LogP contribution is -2.41. The van der Waals surface area contributed by atoms with Crippen molar-refractivity contribution in [3.8, 4) is 0 Å². The zero-order valence-electron chi connectivity index (χ0n) is 19.7. The summed E-state index contributed by atoms with van der Waals surface area (Å²) in [6.45, 7) is 8.78. The van der Waals surface area contributed by atoms with Gasteiger partial charge in [0.2, 0.25) is 5.91 Å². The zero-order valence-corrected chi connectivity index (χ0v) is 22.0. The normalized spacial score (nSPS) is 17.5. The summed E-state index contributed by atoms with van der Waals surface area (Å²) in [5.74, 6) is 2.17. The van der Waals surface area contributed by atoms with Crippen LogP contribution in [0.4, 0.5) is 0 Å². The number of halogens is 1. The third-order valence-corrected chi connectivity index (χ3v) is 6.24. The molecule has 3 rings (SSSR count). The molecule has 2 aliphatic rings. The first-order chi connectivity index (χ1) is 15.2. The highest BCUT2D eigenvalue weighted by Gasteiger charge is 2.28. The van der Waals surface area contributed by atoms with E-state index in [-0.39, 0.29) is 35.8 Å². The van der Waals surface area contributed by atoms with Gasteiger partial charge in [0.1, 0.15) is 0 Å². The minimum absolute atomic E-state index is 0. The molecular weight excluding hydrogens is 513 g/mol. The van der Waals surface area contributed by atoms with Gasteiger partial charge in [0.05, 0.1) is 0 Å². The zero-order chi connectivity index (χ0) is 21.7. The van der Waals surface area contributed by atoms with Crippen LogP contribution in [0.5, 0.6) is 0 Å². The van der Waals surface area contributed by atoms with Gasteiger partial charge in [-0.3, -0.25) is 9.79 Å². The maximum Gasteiger partial charge on any atom is 0.223 e. The number of carbonyl (C=O) groups is 1. The van der Waals surface area contributed by atoms with E-state index in [0.717, 1.165) is 44.2 Å². The molecule has 6 nitrogen and oxygen atoms in total. The Morgan fingerprint density at radius 3 is 2.41 bits per heavy atom. The Morgan fingerprint density at radius 2 is 1.72 bits per heavy atom. The van der Waals surface area contributed by atoms with Gasteiger partial charge in [-0.05, 0) is 83.0 Å². The fourth-order valence-corrected chi connectivity index (χ4v) is 4.20. The molecule has 1 aliphatic carbocycles. The highest BCUT2D eigenvalue weighted by molar-refractivity contribution is 14.0. The van der Waals surface area contributed by atoms with E-state index >= 15 is 0 Å². The number of nitrogens with one attached hydrogen (secondary N) is 3. The van der Waals surface area contributed by atoms with E-state index in [1.807, 2.05) is 0 Å². The number of aliphatic imine (C=N–C) groups is 1. The van der Waals surface area contributed by atoms with Gasteiger partial charge < -0.3 is 20.9 Å². The molecule has 32 heavy (non-hydrogen) atoms. The van der Waals surface area contributed by atoms with Gasteiger partial charge in [-0.2, -0.15) is 0 Å². The fourth-order valence-electron chi connectivity index (χ4n) is 4.20. The minimum atomic E-state index is 0. The third-order valence-electron chi connectivity index (χ3n) is 6.24. The molecule has 0 bridgehead atoms. The van der Waals surface area contributed by atoms with Crippen molar-refractivity contribution in [2.45, 2.75) is 51.9 Å². The number of piperidine rings is 1. The monoisotopic (exact) mass is 555 g/mol. The Kier molecular flexibility index (Phi) is 13.0. The van der Waals surface area contributed by atoms with Crippen LogP contribution in [0.15, 0.2) is 35.3 Å². The molecule has 0 spiro atoms. The standard InChI is InChI=1S/C25H41N5O.HI/c1-2-26-25(29-16-15-27-24(31)23-10-11-23)28-14-6-7-17-30-18-12-22(13-19-30)20-21-8-4-3-5-9-21;/h3-5,8-9,22-23H,2,6-7,10-20H2,1H3,(H,27,31)(H2,26,28,29);1H. The molecule has 0 unspecified atom stereocenters. The number of hydrogen-bond acceptors (Lipinski definition) is 3. The van der Waals surface area contributed by atoms with Gasteiger partial charge >= 0.3 is 0 Å². The molecule has 1 saturated carbocycles. The van der Waals surface area contributed by atoms with E-state index in [9.17, 15) is 4.79 Å². The summed E-state index contributed by atoms with van der Waals surface area (Å²) in [4.78, 5) is 19.0. The van der Waals surface area contributed by atoms with E-state index in [1.54, 1.807) is 0 Å². The Morgan fingerprint density at radius 1 is 1.00 bits per heavy atom. The lowest BCUT2D eigenvalue weighted by Gasteiger charge is -2.32. The average Bonchev–Trinajstić information content (AvgIpc) is 3.64. The minimum Gasteiger partial charge on any atom is -0.357 e. The van der Waals surface area contributed by atoms with Gasteiger partial charge in [0.15, 0.2) is 5.96 Å². The Hall–Kier alpha value is -1.35. The smallest absolute Gasteiger partial charge is 0.223 e. The molecule has 1 heterocycles. The maximum atomic E-state index is 11.7. The van der Waals surface area contributed by atoms with Gasteiger partial charge in [0, 0.05) is 32.1 Å². The molecule has 1 aromatic carbocycles. The first-order valence-electron chi connectivity index (χ1n) is 12.3. The molecule has 180 valence electrons. The van der Waals surface area contributed by atoms with E-state index in [2.05, 4.69) is 63.1 Å². The highest BCUT2D eigenvalue weighted by Crippen LogP contribution is 2.28. The number of unbranched alkanes of at least 4 members (excludes halogenated alkanes) is 1. The van der Waals surface area contributed by atoms with Crippen molar-refractivity contribution in [2.75, 3.05) is 45.8 Å². The molecule has 1 aromatic rings. The van der Waals surface area contributed by atoms with Crippen LogP contribution in [0.2, 0.25) is 0 Å². The number of guanidine groups is 1. The molecule has 3 N–H and O–H groups in total. The lowest BCUT2D eigenvalue weighted by atomic mass is 9.90. The second kappa shape index (κ2) is 15.5. The number of amides is 1. The summed E-state index contributed by atoms with van der Waals surface area (Å²) in [7, 11) is 0. The van der Waals surface area contributed by atoms with Crippen molar-refractivity contribution in [2.24, 2.45) is 16.8 Å².